The highest BCUT2D eigenvalue weighted by Crippen LogP contribution is 2.15. The summed E-state index contributed by atoms with van der Waals surface area (Å²) >= 11 is 5.80. The normalized spacial score (nSPS) is 19.7. The number of nitrogens with zero attached hydrogens (tertiary/aromatic N) is 3. The monoisotopic (exact) mass is 248 g/mol. The van der Waals surface area contributed by atoms with Crippen LogP contribution >= 0.6 is 24.0 Å². The van der Waals surface area contributed by atoms with Crippen molar-refractivity contribution in [2.45, 2.75) is 12.5 Å². The topological polar surface area (TPSA) is 41.1 Å². The highest BCUT2D eigenvalue weighted by molar-refractivity contribution is 6.29. The Morgan fingerprint density at radius 2 is 2.40 bits per heavy atom. The van der Waals surface area contributed by atoms with E-state index in [9.17, 15) is 0 Å². The molecule has 0 saturated carbocycles. The Bertz CT molecular complexity index is 315. The van der Waals surface area contributed by atoms with Gasteiger partial charge in [-0.2, -0.15) is 0 Å². The van der Waals surface area contributed by atoms with Crippen LogP contribution in [-0.2, 0) is 0 Å². The van der Waals surface area contributed by atoms with Gasteiger partial charge in [-0.3, -0.25) is 0 Å². The summed E-state index contributed by atoms with van der Waals surface area (Å²) in [5.41, 5.74) is 0. The van der Waals surface area contributed by atoms with Crippen LogP contribution < -0.4 is 10.2 Å². The predicted octanol–water partition coefficient (Wildman–Crippen LogP) is 1.35. The average Bonchev–Trinajstić information content (AvgIpc) is 2.69. The van der Waals surface area contributed by atoms with Gasteiger partial charge in [-0.1, -0.05) is 11.6 Å². The highest BCUT2D eigenvalue weighted by atomic mass is 35.5. The van der Waals surface area contributed by atoms with Crippen LogP contribution in [0.25, 0.3) is 0 Å². The SMILES string of the molecule is CN(c1nccc(Cl)n1)C1CCNC1.Cl. The largest absolute Gasteiger partial charge is 0.340 e. The molecular formula is C9H14Cl2N4. The van der Waals surface area contributed by atoms with E-state index in [0.717, 1.165) is 19.5 Å². The van der Waals surface area contributed by atoms with Gasteiger partial charge in [0.2, 0.25) is 5.95 Å². The van der Waals surface area contributed by atoms with E-state index in [4.69, 9.17) is 11.6 Å². The van der Waals surface area contributed by atoms with Crippen molar-refractivity contribution >= 4 is 30.0 Å². The van der Waals surface area contributed by atoms with Crippen molar-refractivity contribution in [2.24, 2.45) is 0 Å². The van der Waals surface area contributed by atoms with Gasteiger partial charge in [0.05, 0.1) is 0 Å². The molecule has 1 fully saturated rings. The first-order valence-corrected chi connectivity index (χ1v) is 5.07. The van der Waals surface area contributed by atoms with Crippen LogP contribution in [0.3, 0.4) is 0 Å². The maximum atomic E-state index is 5.80. The number of aromatic nitrogens is 2. The highest BCUT2D eigenvalue weighted by Gasteiger charge is 2.20. The van der Waals surface area contributed by atoms with Crippen LogP contribution in [0.2, 0.25) is 5.15 Å². The lowest BCUT2D eigenvalue weighted by Gasteiger charge is -2.23. The summed E-state index contributed by atoms with van der Waals surface area (Å²) in [6.45, 7) is 2.06. The molecule has 2 rings (SSSR count). The fourth-order valence-electron chi connectivity index (χ4n) is 1.63. The maximum absolute atomic E-state index is 5.80. The van der Waals surface area contributed by atoms with Crippen molar-refractivity contribution in [2.75, 3.05) is 25.0 Å². The summed E-state index contributed by atoms with van der Waals surface area (Å²) < 4.78 is 0. The van der Waals surface area contributed by atoms with Crippen molar-refractivity contribution in [3.8, 4) is 0 Å². The summed E-state index contributed by atoms with van der Waals surface area (Å²) in [5, 5.41) is 3.80. The third kappa shape index (κ3) is 2.93. The molecule has 1 aromatic rings. The van der Waals surface area contributed by atoms with Crippen molar-refractivity contribution in [1.82, 2.24) is 15.3 Å². The number of rotatable bonds is 2. The van der Waals surface area contributed by atoms with Gasteiger partial charge in [0.15, 0.2) is 0 Å². The van der Waals surface area contributed by atoms with Crippen LogP contribution in [0, 0.1) is 0 Å². The second-order valence-electron chi connectivity index (χ2n) is 3.44. The molecule has 1 aromatic heterocycles. The van der Waals surface area contributed by atoms with Gasteiger partial charge in [-0.25, -0.2) is 9.97 Å². The standard InChI is InChI=1S/C9H13ClN4.ClH/c1-14(7-2-4-11-6-7)9-12-5-3-8(10)13-9;/h3,5,7,11H,2,4,6H2,1H3;1H. The predicted molar refractivity (Wildman–Crippen MR) is 64.0 cm³/mol. The molecule has 2 heterocycles. The molecule has 0 bridgehead atoms. The zero-order chi connectivity index (χ0) is 9.97. The van der Waals surface area contributed by atoms with Crippen LogP contribution in [0.1, 0.15) is 6.42 Å². The van der Waals surface area contributed by atoms with Gasteiger partial charge in [-0.05, 0) is 19.0 Å². The zero-order valence-electron chi connectivity index (χ0n) is 8.48. The number of anilines is 1. The van der Waals surface area contributed by atoms with Crippen molar-refractivity contribution in [3.63, 3.8) is 0 Å². The maximum Gasteiger partial charge on any atom is 0.226 e. The zero-order valence-corrected chi connectivity index (χ0v) is 10.1. The van der Waals surface area contributed by atoms with E-state index >= 15 is 0 Å². The lowest BCUT2D eigenvalue weighted by atomic mass is 10.2. The van der Waals surface area contributed by atoms with Crippen LogP contribution in [0.5, 0.6) is 0 Å². The molecule has 1 N–H and O–H groups in total. The Balaban J connectivity index is 0.00000112. The van der Waals surface area contributed by atoms with E-state index in [0.29, 0.717) is 17.1 Å². The minimum absolute atomic E-state index is 0. The van der Waals surface area contributed by atoms with Crippen molar-refractivity contribution < 1.29 is 0 Å². The third-order valence-corrected chi connectivity index (χ3v) is 2.72. The fraction of sp³-hybridized carbons (Fsp3) is 0.556. The second-order valence-corrected chi connectivity index (χ2v) is 3.82. The van der Waals surface area contributed by atoms with Gasteiger partial charge in [-0.15, -0.1) is 12.4 Å². The summed E-state index contributed by atoms with van der Waals surface area (Å²) in [5.74, 6) is 0.700. The van der Waals surface area contributed by atoms with Crippen LogP contribution in [0.15, 0.2) is 12.3 Å². The molecule has 1 unspecified atom stereocenters. The molecule has 1 aliphatic heterocycles. The number of likely N-dealkylation sites (N-methyl/N-ethyl adjacent to an activating group) is 1. The lowest BCUT2D eigenvalue weighted by molar-refractivity contribution is 0.668. The molecule has 0 aliphatic carbocycles. The molecule has 0 spiro atoms. The van der Waals surface area contributed by atoms with E-state index in [1.165, 1.54) is 0 Å². The number of halogens is 2. The smallest absolute Gasteiger partial charge is 0.226 e. The Labute approximate surface area is 100 Å². The summed E-state index contributed by atoms with van der Waals surface area (Å²) in [7, 11) is 2.00. The molecule has 0 amide bonds. The minimum atomic E-state index is 0. The lowest BCUT2D eigenvalue weighted by Crippen LogP contribution is -2.34. The third-order valence-electron chi connectivity index (χ3n) is 2.51. The molecule has 0 radical (unpaired) electrons. The van der Waals surface area contributed by atoms with E-state index in [1.807, 2.05) is 7.05 Å². The van der Waals surface area contributed by atoms with Crippen LogP contribution in [-0.4, -0.2) is 36.1 Å². The quantitative estimate of drug-likeness (QED) is 0.803. The van der Waals surface area contributed by atoms with Gasteiger partial charge in [0.25, 0.3) is 0 Å². The summed E-state index contributed by atoms with van der Waals surface area (Å²) in [4.78, 5) is 10.4. The van der Waals surface area contributed by atoms with Gasteiger partial charge < -0.3 is 10.2 Å². The van der Waals surface area contributed by atoms with E-state index in [-0.39, 0.29) is 12.4 Å². The number of hydrogen-bond donors (Lipinski definition) is 1. The van der Waals surface area contributed by atoms with Crippen molar-refractivity contribution in [1.29, 1.82) is 0 Å². The first-order chi connectivity index (χ1) is 6.77. The summed E-state index contributed by atoms with van der Waals surface area (Å²) in [6.07, 6.45) is 2.82. The molecule has 6 heteroatoms. The van der Waals surface area contributed by atoms with E-state index in [2.05, 4.69) is 20.2 Å². The van der Waals surface area contributed by atoms with Crippen molar-refractivity contribution in [3.05, 3.63) is 17.4 Å². The molecular weight excluding hydrogens is 235 g/mol. The second kappa shape index (κ2) is 5.49. The molecule has 84 valence electrons. The number of hydrogen-bond acceptors (Lipinski definition) is 4. The Hall–Kier alpha value is -0.580. The average molecular weight is 249 g/mol. The molecule has 1 atom stereocenters. The Morgan fingerprint density at radius 3 is 3.00 bits per heavy atom. The van der Waals surface area contributed by atoms with E-state index < -0.39 is 0 Å². The van der Waals surface area contributed by atoms with Crippen LogP contribution in [0.4, 0.5) is 5.95 Å². The van der Waals surface area contributed by atoms with Gasteiger partial charge in [0, 0.05) is 25.8 Å². The Morgan fingerprint density at radius 1 is 1.60 bits per heavy atom. The minimum Gasteiger partial charge on any atom is -0.340 e. The molecule has 1 saturated heterocycles. The summed E-state index contributed by atoms with van der Waals surface area (Å²) in [6, 6.07) is 2.17. The molecule has 15 heavy (non-hydrogen) atoms. The first kappa shape index (κ1) is 12.5. The fourth-order valence-corrected chi connectivity index (χ4v) is 1.76. The molecule has 1 aliphatic rings. The Kier molecular flexibility index (Phi) is 4.57. The van der Waals surface area contributed by atoms with Gasteiger partial charge in [0.1, 0.15) is 5.15 Å². The van der Waals surface area contributed by atoms with E-state index in [1.54, 1.807) is 12.3 Å². The first-order valence-electron chi connectivity index (χ1n) is 4.69. The molecule has 4 nitrogen and oxygen atoms in total. The number of nitrogens with one attached hydrogen (secondary N) is 1. The van der Waals surface area contributed by atoms with Gasteiger partial charge >= 0.3 is 0 Å². The molecule has 0 aromatic carbocycles.